The summed E-state index contributed by atoms with van der Waals surface area (Å²) < 4.78 is 17.7. The molecule has 0 saturated carbocycles. The van der Waals surface area contributed by atoms with Gasteiger partial charge in [0, 0.05) is 24.2 Å². The largest absolute Gasteiger partial charge is 0.462 e. The van der Waals surface area contributed by atoms with E-state index >= 15 is 0 Å². The lowest BCUT2D eigenvalue weighted by Gasteiger charge is -2.08. The molecule has 0 spiro atoms. The Labute approximate surface area is 142 Å². The summed E-state index contributed by atoms with van der Waals surface area (Å²) in [5, 5.41) is 13.6. The van der Waals surface area contributed by atoms with Crippen molar-refractivity contribution in [1.29, 1.82) is 0 Å². The zero-order chi connectivity index (χ0) is 18.4. The second-order valence-electron chi connectivity index (χ2n) is 5.06. The van der Waals surface area contributed by atoms with Crippen molar-refractivity contribution in [3.8, 4) is 0 Å². The lowest BCUT2D eigenvalue weighted by Crippen LogP contribution is -2.23. The minimum Gasteiger partial charge on any atom is -0.462 e. The van der Waals surface area contributed by atoms with Gasteiger partial charge in [0.25, 0.3) is 11.6 Å². The molecule has 0 fully saturated rings. The minimum atomic E-state index is -0.751. The van der Waals surface area contributed by atoms with Crippen LogP contribution in [0.1, 0.15) is 33.2 Å². The van der Waals surface area contributed by atoms with E-state index in [1.165, 1.54) is 30.3 Å². The number of halogens is 1. The molecule has 0 aliphatic heterocycles. The Kier molecular flexibility index (Phi) is 5.78. The maximum atomic E-state index is 12.9. The Bertz CT molecular complexity index is 805. The summed E-state index contributed by atoms with van der Waals surface area (Å²) in [5.74, 6) is -1.75. The zero-order valence-corrected chi connectivity index (χ0v) is 13.3. The van der Waals surface area contributed by atoms with Crippen molar-refractivity contribution >= 4 is 17.6 Å². The summed E-state index contributed by atoms with van der Waals surface area (Å²) in [6.07, 6.45) is 0. The van der Waals surface area contributed by atoms with Gasteiger partial charge in [-0.05, 0) is 30.7 Å². The molecule has 2 aromatic rings. The number of nitrogens with one attached hydrogen (secondary N) is 1. The first-order chi connectivity index (χ1) is 11.9. The highest BCUT2D eigenvalue weighted by Crippen LogP contribution is 2.18. The van der Waals surface area contributed by atoms with Gasteiger partial charge in [0.05, 0.1) is 17.1 Å². The Morgan fingerprint density at radius 1 is 1.16 bits per heavy atom. The molecule has 0 unspecified atom stereocenters. The van der Waals surface area contributed by atoms with Crippen molar-refractivity contribution in [1.82, 2.24) is 5.32 Å². The Hall–Kier alpha value is -3.29. The summed E-state index contributed by atoms with van der Waals surface area (Å²) in [5.41, 5.74) is 0.144. The smallest absolute Gasteiger partial charge is 0.338 e. The van der Waals surface area contributed by atoms with Crippen LogP contribution in [-0.2, 0) is 11.3 Å². The van der Waals surface area contributed by atoms with Crippen LogP contribution in [0.2, 0.25) is 0 Å². The summed E-state index contributed by atoms with van der Waals surface area (Å²) in [6, 6.07) is 8.88. The molecule has 2 rings (SSSR count). The van der Waals surface area contributed by atoms with Crippen molar-refractivity contribution in [2.24, 2.45) is 0 Å². The number of esters is 1. The van der Waals surface area contributed by atoms with Gasteiger partial charge in [-0.15, -0.1) is 0 Å². The zero-order valence-electron chi connectivity index (χ0n) is 13.3. The molecule has 0 heterocycles. The van der Waals surface area contributed by atoms with Crippen LogP contribution in [-0.4, -0.2) is 23.4 Å². The first kappa shape index (κ1) is 18.1. The van der Waals surface area contributed by atoms with Gasteiger partial charge in [-0.1, -0.05) is 12.1 Å². The molecule has 0 radical (unpaired) electrons. The van der Waals surface area contributed by atoms with Gasteiger partial charge >= 0.3 is 5.97 Å². The molecule has 1 amide bonds. The van der Waals surface area contributed by atoms with Crippen molar-refractivity contribution in [3.63, 3.8) is 0 Å². The average Bonchev–Trinajstić information content (AvgIpc) is 2.60. The van der Waals surface area contributed by atoms with E-state index in [0.29, 0.717) is 5.56 Å². The summed E-state index contributed by atoms with van der Waals surface area (Å²) in [7, 11) is 0. The van der Waals surface area contributed by atoms with Crippen LogP contribution in [0.5, 0.6) is 0 Å². The van der Waals surface area contributed by atoms with E-state index < -0.39 is 28.3 Å². The fourth-order valence-corrected chi connectivity index (χ4v) is 2.07. The predicted molar refractivity (Wildman–Crippen MR) is 86.6 cm³/mol. The minimum absolute atomic E-state index is 0.0423. The molecule has 8 heteroatoms. The maximum Gasteiger partial charge on any atom is 0.338 e. The summed E-state index contributed by atoms with van der Waals surface area (Å²) in [4.78, 5) is 34.3. The van der Waals surface area contributed by atoms with Crippen molar-refractivity contribution in [2.75, 3.05) is 6.61 Å². The third-order valence-electron chi connectivity index (χ3n) is 3.27. The summed E-state index contributed by atoms with van der Waals surface area (Å²) in [6.45, 7) is 1.82. The first-order valence-corrected chi connectivity index (χ1v) is 7.40. The van der Waals surface area contributed by atoms with Crippen molar-refractivity contribution < 1.29 is 23.6 Å². The van der Waals surface area contributed by atoms with Gasteiger partial charge in [-0.2, -0.15) is 0 Å². The van der Waals surface area contributed by atoms with Gasteiger partial charge in [0.15, 0.2) is 0 Å². The van der Waals surface area contributed by atoms with Crippen molar-refractivity contribution in [2.45, 2.75) is 13.5 Å². The summed E-state index contributed by atoms with van der Waals surface area (Å²) >= 11 is 0. The number of carbonyl (C=O) groups is 2. The quantitative estimate of drug-likeness (QED) is 0.493. The van der Waals surface area contributed by atoms with E-state index in [4.69, 9.17) is 4.74 Å². The number of hydrogen-bond donors (Lipinski definition) is 1. The molecule has 130 valence electrons. The first-order valence-electron chi connectivity index (χ1n) is 7.40. The molecule has 0 aliphatic carbocycles. The number of amides is 1. The molecular formula is C17H15FN2O5. The van der Waals surface area contributed by atoms with Crippen LogP contribution >= 0.6 is 0 Å². The van der Waals surface area contributed by atoms with Crippen molar-refractivity contribution in [3.05, 3.63) is 75.1 Å². The number of rotatable bonds is 6. The van der Waals surface area contributed by atoms with Crippen LogP contribution in [0.4, 0.5) is 10.1 Å². The normalized spacial score (nSPS) is 10.2. The topological polar surface area (TPSA) is 98.5 Å². The third-order valence-corrected chi connectivity index (χ3v) is 3.27. The molecule has 1 N–H and O–H groups in total. The SMILES string of the molecule is CCOC(=O)c1cc(C(=O)NCc2ccc(F)cc2)cc([N+](=O)[O-])c1. The highest BCUT2D eigenvalue weighted by atomic mass is 19.1. The molecule has 0 bridgehead atoms. The van der Waals surface area contributed by atoms with E-state index in [1.54, 1.807) is 6.92 Å². The predicted octanol–water partition coefficient (Wildman–Crippen LogP) is 2.84. The van der Waals surface area contributed by atoms with Gasteiger partial charge in [-0.25, -0.2) is 9.18 Å². The fourth-order valence-electron chi connectivity index (χ4n) is 2.07. The van der Waals surface area contributed by atoms with Gasteiger partial charge in [0.1, 0.15) is 5.82 Å². The number of nitro groups is 1. The number of nitrogens with zero attached hydrogens (tertiary/aromatic N) is 1. The second kappa shape index (κ2) is 8.00. The fraction of sp³-hybridized carbons (Fsp3) is 0.176. The van der Waals surface area contributed by atoms with E-state index in [2.05, 4.69) is 5.32 Å². The Balaban J connectivity index is 2.20. The molecule has 0 aliphatic rings. The van der Waals surface area contributed by atoms with Gasteiger partial charge in [-0.3, -0.25) is 14.9 Å². The third kappa shape index (κ3) is 4.84. The average molecular weight is 346 g/mol. The van der Waals surface area contributed by atoms with E-state index in [9.17, 15) is 24.1 Å². The second-order valence-corrected chi connectivity index (χ2v) is 5.06. The molecule has 2 aromatic carbocycles. The standard InChI is InChI=1S/C17H15FN2O5/c1-2-25-17(22)13-7-12(8-15(9-13)20(23)24)16(21)19-10-11-3-5-14(18)6-4-11/h3-9H,2,10H2,1H3,(H,19,21). The maximum absolute atomic E-state index is 12.9. The monoisotopic (exact) mass is 346 g/mol. The number of nitro benzene ring substituents is 1. The number of carbonyl (C=O) groups excluding carboxylic acids is 2. The lowest BCUT2D eigenvalue weighted by atomic mass is 10.1. The molecule has 7 nitrogen and oxygen atoms in total. The molecule has 0 aromatic heterocycles. The van der Waals surface area contributed by atoms with E-state index in [1.807, 2.05) is 0 Å². The van der Waals surface area contributed by atoms with Crippen LogP contribution in [0, 0.1) is 15.9 Å². The highest BCUT2D eigenvalue weighted by molar-refractivity contribution is 5.98. The van der Waals surface area contributed by atoms with Crippen LogP contribution in [0.3, 0.4) is 0 Å². The molecule has 0 atom stereocenters. The number of benzene rings is 2. The number of hydrogen-bond acceptors (Lipinski definition) is 5. The number of non-ortho nitro benzene ring substituents is 1. The molecular weight excluding hydrogens is 331 g/mol. The van der Waals surface area contributed by atoms with Crippen LogP contribution in [0.15, 0.2) is 42.5 Å². The van der Waals surface area contributed by atoms with Gasteiger partial charge < -0.3 is 10.1 Å². The Morgan fingerprint density at radius 2 is 1.80 bits per heavy atom. The number of ether oxygens (including phenoxy) is 1. The van der Waals surface area contributed by atoms with Crippen LogP contribution in [0.25, 0.3) is 0 Å². The van der Waals surface area contributed by atoms with E-state index in [0.717, 1.165) is 12.1 Å². The molecule has 25 heavy (non-hydrogen) atoms. The molecule has 0 saturated heterocycles. The highest BCUT2D eigenvalue weighted by Gasteiger charge is 2.18. The van der Waals surface area contributed by atoms with Gasteiger partial charge in [0.2, 0.25) is 0 Å². The lowest BCUT2D eigenvalue weighted by molar-refractivity contribution is -0.384. The Morgan fingerprint density at radius 3 is 2.40 bits per heavy atom. The van der Waals surface area contributed by atoms with E-state index in [-0.39, 0.29) is 24.3 Å². The van der Waals surface area contributed by atoms with Crippen LogP contribution < -0.4 is 5.32 Å².